The van der Waals surface area contributed by atoms with E-state index in [0.717, 1.165) is 46.1 Å². The number of benzene rings is 6. The van der Waals surface area contributed by atoms with E-state index in [9.17, 15) is 27.6 Å². The first kappa shape index (κ1) is 73.8. The molecule has 96 heavy (non-hydrogen) atoms. The van der Waals surface area contributed by atoms with E-state index in [4.69, 9.17) is 44.3 Å². The molecule has 14 nitrogen and oxygen atoms in total. The molecule has 1 N–H and O–H groups in total. The number of likely N-dealkylation sites (tertiary alicyclic amines) is 1. The molecule has 0 radical (unpaired) electrons. The molecule has 18 heteroatoms. The van der Waals surface area contributed by atoms with Crippen molar-refractivity contribution in [1.29, 1.82) is 0 Å². The highest BCUT2D eigenvalue weighted by Crippen LogP contribution is 2.53. The van der Waals surface area contributed by atoms with Crippen LogP contribution < -0.4 is 24.6 Å². The Morgan fingerprint density at radius 2 is 1.32 bits per heavy atom. The molecular formula is C78H99Cl3N6O8S. The minimum absolute atomic E-state index is 0.00904. The third-order valence-corrected chi connectivity index (χ3v) is 23.0. The van der Waals surface area contributed by atoms with E-state index in [1.165, 1.54) is 57.5 Å². The van der Waals surface area contributed by atoms with Crippen LogP contribution in [0.3, 0.4) is 0 Å². The van der Waals surface area contributed by atoms with E-state index < -0.39 is 32.6 Å². The quantitative estimate of drug-likeness (QED) is 0.0647. The van der Waals surface area contributed by atoms with Crippen LogP contribution in [0.25, 0.3) is 0 Å². The van der Waals surface area contributed by atoms with Gasteiger partial charge in [0.15, 0.2) is 27.1 Å². The van der Waals surface area contributed by atoms with E-state index in [-0.39, 0.29) is 72.0 Å². The molecule has 6 aromatic carbocycles. The number of carbonyl (C=O) groups is 4. The second kappa shape index (κ2) is 32.0. The number of ketones is 1. The number of amides is 3. The van der Waals surface area contributed by atoms with Gasteiger partial charge in [-0.1, -0.05) is 106 Å². The minimum atomic E-state index is -3.57. The van der Waals surface area contributed by atoms with Gasteiger partial charge >= 0.3 is 0 Å². The third-order valence-electron chi connectivity index (χ3n) is 20.0. The molecule has 6 aromatic rings. The molecule has 10 rings (SSSR count). The Kier molecular flexibility index (Phi) is 24.6. The van der Waals surface area contributed by atoms with Gasteiger partial charge in [0.05, 0.1) is 48.1 Å². The van der Waals surface area contributed by atoms with Crippen LogP contribution in [-0.2, 0) is 30.6 Å². The van der Waals surface area contributed by atoms with Gasteiger partial charge in [0.1, 0.15) is 0 Å². The number of anilines is 3. The molecule has 0 unspecified atom stereocenters. The van der Waals surface area contributed by atoms with Gasteiger partial charge in [0.25, 0.3) is 0 Å². The van der Waals surface area contributed by atoms with Crippen LogP contribution in [0.15, 0.2) is 133 Å². The largest absolute Gasteiger partial charge is 0.493 e. The molecule has 0 aromatic heterocycles. The summed E-state index contributed by atoms with van der Waals surface area (Å²) < 4.78 is 38.8. The lowest BCUT2D eigenvalue weighted by atomic mass is 9.66. The highest BCUT2D eigenvalue weighted by atomic mass is 35.5. The number of fused-ring (bicyclic) bond motifs is 1. The van der Waals surface area contributed by atoms with Crippen molar-refractivity contribution >= 4 is 85.2 Å². The second-order valence-corrected chi connectivity index (χ2v) is 32.6. The summed E-state index contributed by atoms with van der Waals surface area (Å²) in [6.45, 7) is 27.1. The van der Waals surface area contributed by atoms with Crippen LogP contribution in [0.4, 0.5) is 17.1 Å². The predicted octanol–water partition coefficient (Wildman–Crippen LogP) is 16.6. The van der Waals surface area contributed by atoms with E-state index in [0.29, 0.717) is 56.2 Å². The number of halogens is 3. The Bertz CT molecular complexity index is 3760. The van der Waals surface area contributed by atoms with E-state index in [1.807, 2.05) is 107 Å². The van der Waals surface area contributed by atoms with Crippen molar-refractivity contribution in [2.24, 2.45) is 23.2 Å². The number of rotatable bonds is 22. The zero-order valence-electron chi connectivity index (χ0n) is 58.3. The van der Waals surface area contributed by atoms with Crippen LogP contribution in [0.1, 0.15) is 171 Å². The highest BCUT2D eigenvalue weighted by Gasteiger charge is 2.53. The van der Waals surface area contributed by atoms with Gasteiger partial charge in [-0.15, -0.1) is 0 Å². The van der Waals surface area contributed by atoms with Gasteiger partial charge in [-0.05, 0) is 210 Å². The van der Waals surface area contributed by atoms with E-state index >= 15 is 0 Å². The van der Waals surface area contributed by atoms with E-state index in [2.05, 4.69) is 71.2 Å². The molecule has 0 bridgehead atoms. The average Bonchev–Trinajstić information content (AvgIpc) is 0.745. The maximum Gasteiger partial charge on any atom is 0.232 e. The van der Waals surface area contributed by atoms with Crippen molar-refractivity contribution in [3.63, 3.8) is 0 Å². The number of methoxy groups -OCH3 is 1. The van der Waals surface area contributed by atoms with Crippen LogP contribution in [0.5, 0.6) is 11.5 Å². The second-order valence-electron chi connectivity index (χ2n) is 28.6. The molecule has 1 aliphatic carbocycles. The number of ether oxygens (including phenoxy) is 2. The molecule has 1 saturated carbocycles. The fourth-order valence-corrected chi connectivity index (χ4v) is 16.4. The number of Topliss-reactive ketones (excluding diaryl/α,β-unsaturated/α-hetero) is 1. The summed E-state index contributed by atoms with van der Waals surface area (Å²) in [4.78, 5) is 66.5. The summed E-state index contributed by atoms with van der Waals surface area (Å²) in [6.07, 6.45) is 5.63. The molecular weight excluding hydrogens is 1290 g/mol. The van der Waals surface area contributed by atoms with Crippen LogP contribution >= 0.6 is 34.8 Å². The zero-order chi connectivity index (χ0) is 69.5. The maximum atomic E-state index is 15.0. The molecule has 3 heterocycles. The van der Waals surface area contributed by atoms with Crippen LogP contribution in [0, 0.1) is 23.2 Å². The number of piperidine rings is 1. The molecule has 3 aliphatic heterocycles. The minimum Gasteiger partial charge on any atom is -0.493 e. The van der Waals surface area contributed by atoms with Crippen LogP contribution in [-0.4, -0.2) is 129 Å². The average molecular weight is 1390 g/mol. The number of sulfone groups is 1. The van der Waals surface area contributed by atoms with Gasteiger partial charge in [-0.2, -0.15) is 0 Å². The maximum absolute atomic E-state index is 15.0. The molecule has 516 valence electrons. The number of hydrogen-bond acceptors (Lipinski definition) is 11. The fourth-order valence-electron chi connectivity index (χ4n) is 14.5. The Morgan fingerprint density at radius 3 is 1.88 bits per heavy atom. The molecule has 0 spiro atoms. The monoisotopic (exact) mass is 1380 g/mol. The molecule has 5 atom stereocenters. The van der Waals surface area contributed by atoms with Gasteiger partial charge in [0, 0.05) is 114 Å². The smallest absolute Gasteiger partial charge is 0.232 e. The Labute approximate surface area is 586 Å². The van der Waals surface area contributed by atoms with Gasteiger partial charge in [-0.3, -0.25) is 29.0 Å². The van der Waals surface area contributed by atoms with Crippen molar-refractivity contribution in [1.82, 2.24) is 14.7 Å². The van der Waals surface area contributed by atoms with Gasteiger partial charge < -0.3 is 29.5 Å². The third kappa shape index (κ3) is 17.7. The summed E-state index contributed by atoms with van der Waals surface area (Å²) in [5.41, 5.74) is 6.60. The summed E-state index contributed by atoms with van der Waals surface area (Å²) in [6, 6.07) is 41.7. The standard InChI is InChI=1S/C40H53ClN4O3.C38H46Cl2N2O5S/c1-27(2)43-19-21-44(22-20-43)34-13-7-29(8-14-34)26-42(5)33-15-17-35(18-16-33)45-39(46)24-31-23-37(47-6)38(48-28(3)4)25-36(31)40(45)30-9-11-32(41)12-10-30;1-23(2)33(22-48(46,47)25(5)6)42-35(26-11-15-29(39)16-12-26)32(28-9-8-10-30(40)19-28)20-38(7,37(42)45)21-34(43)41-31-17-13-27(14-18-31)36(44)24(3)4/h9-12,15-18,23,25,27-29,34,40H,7-8,13-14,19-22,24,26H2,1-6H3;8-19,23-25,32-33,35H,20-22H2,1-7H3,(H,41,43)/t29?,34?,40-;32-,33-,35-,38-/m01/s1. The highest BCUT2D eigenvalue weighted by molar-refractivity contribution is 7.92. The lowest BCUT2D eigenvalue weighted by Gasteiger charge is -2.53. The predicted molar refractivity (Wildman–Crippen MR) is 391 cm³/mol. The van der Waals surface area contributed by atoms with E-state index in [1.54, 1.807) is 75.2 Å². The molecule has 3 amide bonds. The van der Waals surface area contributed by atoms with Crippen LogP contribution in [0.2, 0.25) is 15.1 Å². The van der Waals surface area contributed by atoms with Crippen molar-refractivity contribution in [2.75, 3.05) is 67.8 Å². The number of piperazine rings is 1. The Morgan fingerprint density at radius 1 is 0.708 bits per heavy atom. The first-order valence-corrected chi connectivity index (χ1v) is 37.1. The number of nitrogens with zero attached hydrogens (tertiary/aromatic N) is 5. The fraction of sp³-hybridized carbons (Fsp3) is 0.487. The molecule has 4 aliphatic rings. The summed E-state index contributed by atoms with van der Waals surface area (Å²) >= 11 is 19.1. The topological polar surface area (TPSA) is 149 Å². The number of carbonyl (C=O) groups excluding carboxylic acids is 4. The summed E-state index contributed by atoms with van der Waals surface area (Å²) in [7, 11) is 0.272. The molecule has 2 saturated heterocycles. The summed E-state index contributed by atoms with van der Waals surface area (Å²) in [5.74, 6) is 0.514. The van der Waals surface area contributed by atoms with Crippen molar-refractivity contribution in [3.05, 3.63) is 182 Å². The Balaban J connectivity index is 0.000000225. The first-order valence-electron chi connectivity index (χ1n) is 34.3. The lowest BCUT2D eigenvalue weighted by molar-refractivity contribution is -0.157. The number of nitrogens with one attached hydrogen (secondary N) is 1. The van der Waals surface area contributed by atoms with Gasteiger partial charge in [0.2, 0.25) is 17.7 Å². The van der Waals surface area contributed by atoms with Crippen molar-refractivity contribution in [2.45, 2.75) is 169 Å². The van der Waals surface area contributed by atoms with Gasteiger partial charge in [-0.25, -0.2) is 8.42 Å². The van der Waals surface area contributed by atoms with Crippen molar-refractivity contribution < 1.29 is 37.1 Å². The number of hydrogen-bond donors (Lipinski definition) is 1. The summed E-state index contributed by atoms with van der Waals surface area (Å²) in [5, 5.41) is 4.02. The normalized spacial score (nSPS) is 21.5. The Hall–Kier alpha value is -6.46. The first-order chi connectivity index (χ1) is 45.5. The zero-order valence-corrected chi connectivity index (χ0v) is 61.4. The lowest BCUT2D eigenvalue weighted by Crippen LogP contribution is -2.59. The molecule has 3 fully saturated rings. The van der Waals surface area contributed by atoms with Crippen molar-refractivity contribution in [3.8, 4) is 11.5 Å². The SMILES string of the molecule is CC(C)C(=O)c1ccc(NC(=O)C[C@@]2(C)C[C@H](c3cccc(Cl)c3)[C@@H](c3ccc(Cl)cc3)N([C@H](CS(=O)(=O)C(C)C)C(C)C)C2=O)cc1.COc1cc2c(cc1OC(C)C)[C@H](c1ccc(Cl)cc1)N(c1ccc(N(C)CC3CCC(N4CCN(C(C)C)CC4)CC3)cc1)C(=O)C2.